The summed E-state index contributed by atoms with van der Waals surface area (Å²) in [5.74, 6) is 0.130. The number of anilines is 2. The summed E-state index contributed by atoms with van der Waals surface area (Å²) in [5, 5.41) is 10.7. The molecule has 0 unspecified atom stereocenters. The number of nitrogens with one attached hydrogen (secondary N) is 1. The first-order valence-corrected chi connectivity index (χ1v) is 8.81. The number of nitrogen functional groups attached to an aromatic ring is 2. The highest BCUT2D eigenvalue weighted by Gasteiger charge is 2.27. The highest BCUT2D eigenvalue weighted by Crippen LogP contribution is 2.39. The van der Waals surface area contributed by atoms with Gasteiger partial charge < -0.3 is 5.73 Å². The van der Waals surface area contributed by atoms with E-state index in [1.807, 2.05) is 13.8 Å². The number of H-pyrrole nitrogens is 1. The van der Waals surface area contributed by atoms with E-state index in [-0.39, 0.29) is 17.5 Å². The Morgan fingerprint density at radius 3 is 2.48 bits per heavy atom. The number of benzene rings is 1. The Morgan fingerprint density at radius 1 is 1.28 bits per heavy atom. The molecule has 0 aliphatic carbocycles. The van der Waals surface area contributed by atoms with E-state index in [9.17, 15) is 10.1 Å². The number of aromatic amines is 1. The first kappa shape index (κ1) is 17.2. The van der Waals surface area contributed by atoms with Gasteiger partial charge in [-0.2, -0.15) is 5.26 Å². The van der Waals surface area contributed by atoms with Gasteiger partial charge in [0.1, 0.15) is 16.5 Å². The number of aromatic nitrogens is 1. The van der Waals surface area contributed by atoms with E-state index in [0.29, 0.717) is 36.9 Å². The maximum atomic E-state index is 12.8. The highest BCUT2D eigenvalue weighted by atomic mass is 35.5. The zero-order valence-electron chi connectivity index (χ0n) is 13.7. The summed E-state index contributed by atoms with van der Waals surface area (Å²) in [7, 11) is 0. The lowest BCUT2D eigenvalue weighted by Crippen LogP contribution is -2.15. The summed E-state index contributed by atoms with van der Waals surface area (Å²) in [5.41, 5.74) is 14.3. The number of carbonyl (C=O) groups excluding carboxylic acids is 1. The Kier molecular flexibility index (Phi) is 4.38. The number of hydrogen-bond acceptors (Lipinski definition) is 5. The van der Waals surface area contributed by atoms with Gasteiger partial charge in [0.25, 0.3) is 5.82 Å². The summed E-state index contributed by atoms with van der Waals surface area (Å²) < 4.78 is 0. The minimum atomic E-state index is -0.185. The van der Waals surface area contributed by atoms with Crippen LogP contribution in [-0.2, 0) is 0 Å². The van der Waals surface area contributed by atoms with Crippen LogP contribution >= 0.6 is 22.9 Å². The van der Waals surface area contributed by atoms with Crippen LogP contribution in [0.3, 0.4) is 0 Å². The Labute approximate surface area is 153 Å². The molecule has 126 valence electrons. The average Bonchev–Trinajstić information content (AvgIpc) is 2.89. The number of rotatable bonds is 3. The number of hydrogen-bond donors (Lipinski definition) is 2. The molecule has 2 aromatic heterocycles. The van der Waals surface area contributed by atoms with E-state index in [1.165, 1.54) is 11.3 Å². The summed E-state index contributed by atoms with van der Waals surface area (Å²) in [6.45, 7) is 3.93. The fraction of sp³-hybridized carbons (Fsp3) is 0.167. The lowest BCUT2D eigenvalue weighted by Gasteiger charge is -2.09. The molecule has 0 amide bonds. The molecule has 0 radical (unpaired) electrons. The lowest BCUT2D eigenvalue weighted by atomic mass is 9.94. The van der Waals surface area contributed by atoms with Gasteiger partial charge in [-0.25, -0.2) is 4.98 Å². The molecule has 0 bridgehead atoms. The minimum absolute atomic E-state index is 0.0319. The number of pyridine rings is 1. The van der Waals surface area contributed by atoms with E-state index in [2.05, 4.69) is 11.1 Å². The Hall–Kier alpha value is -2.62. The van der Waals surface area contributed by atoms with Crippen molar-refractivity contribution in [1.29, 1.82) is 5.26 Å². The van der Waals surface area contributed by atoms with Crippen LogP contribution in [-0.4, -0.2) is 5.78 Å². The molecule has 0 fully saturated rings. The van der Waals surface area contributed by atoms with Gasteiger partial charge in [-0.15, -0.1) is 0 Å². The molecular formula is C18H16ClN4OS+. The number of nitriles is 1. The fourth-order valence-corrected chi connectivity index (χ4v) is 4.09. The third-order valence-electron chi connectivity index (χ3n) is 4.00. The average molecular weight is 372 g/mol. The molecule has 7 heteroatoms. The smallest absolute Gasteiger partial charge is 0.289 e. The summed E-state index contributed by atoms with van der Waals surface area (Å²) in [6.07, 6.45) is 0. The largest absolute Gasteiger partial charge is 0.397 e. The zero-order chi connectivity index (χ0) is 18.3. The number of fused-ring (bicyclic) bond motifs is 1. The quantitative estimate of drug-likeness (QED) is 0.683. The molecule has 5 N–H and O–H groups in total. The van der Waals surface area contributed by atoms with Crippen molar-refractivity contribution in [3.05, 3.63) is 50.9 Å². The van der Waals surface area contributed by atoms with Crippen LogP contribution in [0.1, 0.15) is 46.1 Å². The van der Waals surface area contributed by atoms with E-state index < -0.39 is 0 Å². The second-order valence-electron chi connectivity index (χ2n) is 5.98. The van der Waals surface area contributed by atoms with Crippen molar-refractivity contribution >= 4 is 50.4 Å². The van der Waals surface area contributed by atoms with E-state index in [1.54, 1.807) is 24.3 Å². The lowest BCUT2D eigenvalue weighted by molar-refractivity contribution is -0.323. The first-order chi connectivity index (χ1) is 11.8. The Balaban J connectivity index is 2.27. The van der Waals surface area contributed by atoms with Crippen molar-refractivity contribution in [2.24, 2.45) is 0 Å². The van der Waals surface area contributed by atoms with Gasteiger partial charge in [-0.3, -0.25) is 10.5 Å². The Bertz CT molecular complexity index is 1030. The predicted octanol–water partition coefficient (Wildman–Crippen LogP) is 3.76. The van der Waals surface area contributed by atoms with Crippen LogP contribution in [0, 0.1) is 11.3 Å². The molecule has 0 saturated heterocycles. The van der Waals surface area contributed by atoms with E-state index >= 15 is 0 Å². The summed E-state index contributed by atoms with van der Waals surface area (Å²) in [4.78, 5) is 17.0. The van der Waals surface area contributed by atoms with Gasteiger partial charge in [0, 0.05) is 10.6 Å². The zero-order valence-corrected chi connectivity index (χ0v) is 15.3. The van der Waals surface area contributed by atoms with E-state index in [0.717, 1.165) is 5.56 Å². The molecule has 0 atom stereocenters. The number of halogens is 1. The van der Waals surface area contributed by atoms with Crippen LogP contribution in [0.5, 0.6) is 0 Å². The molecular weight excluding hydrogens is 356 g/mol. The number of ketones is 1. The topological polar surface area (TPSA) is 107 Å². The van der Waals surface area contributed by atoms with Crippen molar-refractivity contribution in [3.63, 3.8) is 0 Å². The second-order valence-corrected chi connectivity index (χ2v) is 7.44. The van der Waals surface area contributed by atoms with Crippen molar-refractivity contribution in [1.82, 2.24) is 0 Å². The molecule has 3 rings (SSSR count). The van der Waals surface area contributed by atoms with Gasteiger partial charge in [0.05, 0.1) is 11.1 Å². The molecule has 0 spiro atoms. The predicted molar refractivity (Wildman–Crippen MR) is 101 cm³/mol. The van der Waals surface area contributed by atoms with Gasteiger partial charge >= 0.3 is 0 Å². The SMILES string of the molecule is CC(C)c1c(C#N)c(N)[nH+]c2sc(C(=O)c3ccc(Cl)cc3)c(N)c12. The summed E-state index contributed by atoms with van der Waals surface area (Å²) in [6, 6.07) is 8.79. The second kappa shape index (κ2) is 6.36. The van der Waals surface area contributed by atoms with Gasteiger partial charge in [-0.05, 0) is 35.7 Å². The van der Waals surface area contributed by atoms with Crippen molar-refractivity contribution in [3.8, 4) is 6.07 Å². The fourth-order valence-electron chi connectivity index (χ4n) is 2.85. The van der Waals surface area contributed by atoms with Crippen LogP contribution < -0.4 is 16.5 Å². The van der Waals surface area contributed by atoms with Crippen molar-refractivity contribution < 1.29 is 9.78 Å². The number of nitrogens with two attached hydrogens (primary N) is 2. The van der Waals surface area contributed by atoms with Gasteiger partial charge in [0.2, 0.25) is 5.78 Å². The summed E-state index contributed by atoms with van der Waals surface area (Å²) >= 11 is 7.12. The highest BCUT2D eigenvalue weighted by molar-refractivity contribution is 7.21. The van der Waals surface area contributed by atoms with Crippen molar-refractivity contribution in [2.75, 3.05) is 11.5 Å². The van der Waals surface area contributed by atoms with Crippen LogP contribution in [0.25, 0.3) is 10.2 Å². The van der Waals surface area contributed by atoms with Gasteiger partial charge in [0.15, 0.2) is 4.83 Å². The molecule has 0 aliphatic rings. The Morgan fingerprint density at radius 2 is 1.92 bits per heavy atom. The normalized spacial score (nSPS) is 11.0. The van der Waals surface area contributed by atoms with E-state index in [4.69, 9.17) is 23.1 Å². The van der Waals surface area contributed by atoms with Gasteiger partial charge in [-0.1, -0.05) is 36.8 Å². The molecule has 25 heavy (non-hydrogen) atoms. The van der Waals surface area contributed by atoms with Crippen LogP contribution in [0.4, 0.5) is 11.5 Å². The van der Waals surface area contributed by atoms with Crippen LogP contribution in [0.2, 0.25) is 5.02 Å². The number of carbonyl (C=O) groups is 1. The third-order valence-corrected chi connectivity index (χ3v) is 5.37. The molecule has 2 heterocycles. The molecule has 0 aliphatic heterocycles. The minimum Gasteiger partial charge on any atom is -0.397 e. The van der Waals surface area contributed by atoms with Crippen LogP contribution in [0.15, 0.2) is 24.3 Å². The van der Waals surface area contributed by atoms with Crippen molar-refractivity contribution in [2.45, 2.75) is 19.8 Å². The monoisotopic (exact) mass is 371 g/mol. The maximum absolute atomic E-state index is 12.8. The third kappa shape index (κ3) is 2.82. The molecule has 3 aromatic rings. The molecule has 0 saturated carbocycles. The standard InChI is InChI=1S/C18H15ClN4OS/c1-8(2)12-11(7-20)17(22)23-18-13(12)14(21)16(25-18)15(24)9-3-5-10(19)6-4-9/h3-6,8H,21H2,1-2H3,(H2,22,23)/p+1. The first-order valence-electron chi connectivity index (χ1n) is 7.62. The number of thiophene rings is 1. The maximum Gasteiger partial charge on any atom is 0.289 e. The number of nitrogens with zero attached hydrogens (tertiary/aromatic N) is 1. The molecule has 1 aromatic carbocycles. The molecule has 5 nitrogen and oxygen atoms in total.